The van der Waals surface area contributed by atoms with Crippen molar-refractivity contribution >= 4 is 28.6 Å². The Balaban J connectivity index is 1.45. The Morgan fingerprint density at radius 2 is 2.22 bits per heavy atom. The van der Waals surface area contributed by atoms with E-state index in [1.807, 2.05) is 18.4 Å². The van der Waals surface area contributed by atoms with Crippen LogP contribution in [0.5, 0.6) is 0 Å². The smallest absolute Gasteiger partial charge is 0.191 e. The van der Waals surface area contributed by atoms with Crippen LogP contribution in [0.3, 0.4) is 0 Å². The summed E-state index contributed by atoms with van der Waals surface area (Å²) < 4.78 is 0. The maximum atomic E-state index is 4.31. The molecule has 0 saturated heterocycles. The van der Waals surface area contributed by atoms with Crippen LogP contribution in [0.4, 0.5) is 0 Å². The molecule has 0 fully saturated rings. The summed E-state index contributed by atoms with van der Waals surface area (Å²) in [6, 6.07) is 6.98. The molecule has 0 aromatic carbocycles. The monoisotopic (exact) mass is 348 g/mol. The first-order chi connectivity index (χ1) is 11.3. The fourth-order valence-electron chi connectivity index (χ4n) is 2.82. The molecule has 1 aliphatic rings. The van der Waals surface area contributed by atoms with Crippen molar-refractivity contribution < 1.29 is 0 Å². The highest BCUT2D eigenvalue weighted by molar-refractivity contribution is 7.10. The lowest BCUT2D eigenvalue weighted by atomic mass is 10.1. The van der Waals surface area contributed by atoms with Crippen LogP contribution in [0.1, 0.15) is 22.2 Å². The number of aliphatic imine (C=N–C) groups is 1. The van der Waals surface area contributed by atoms with E-state index in [9.17, 15) is 0 Å². The van der Waals surface area contributed by atoms with Crippen molar-refractivity contribution in [2.45, 2.75) is 32.5 Å². The first-order valence-electron chi connectivity index (χ1n) is 8.02. The van der Waals surface area contributed by atoms with E-state index in [4.69, 9.17) is 0 Å². The Hall–Kier alpha value is -1.37. The second-order valence-corrected chi connectivity index (χ2v) is 7.86. The zero-order chi connectivity index (χ0) is 16.1. The molecule has 3 rings (SSSR count). The van der Waals surface area contributed by atoms with Gasteiger partial charge in [-0.05, 0) is 41.8 Å². The van der Waals surface area contributed by atoms with Gasteiger partial charge in [-0.2, -0.15) is 0 Å². The normalized spacial score (nSPS) is 16.9. The molecule has 0 aliphatic carbocycles. The number of fused-ring (bicyclic) bond motifs is 1. The van der Waals surface area contributed by atoms with Gasteiger partial charge in [0.2, 0.25) is 0 Å². The van der Waals surface area contributed by atoms with Gasteiger partial charge in [0.05, 0.1) is 6.54 Å². The average Bonchev–Trinajstić information content (AvgIpc) is 3.25. The van der Waals surface area contributed by atoms with E-state index in [1.54, 1.807) is 16.2 Å². The molecule has 2 aromatic rings. The highest BCUT2D eigenvalue weighted by atomic mass is 32.1. The Labute approximate surface area is 146 Å². The summed E-state index contributed by atoms with van der Waals surface area (Å²) in [6.07, 6.45) is 1.18. The molecule has 0 radical (unpaired) electrons. The van der Waals surface area contributed by atoms with E-state index < -0.39 is 0 Å². The third-order valence-corrected chi connectivity index (χ3v) is 6.16. The third-order valence-electron chi connectivity index (χ3n) is 4.26. The van der Waals surface area contributed by atoms with Crippen LogP contribution < -0.4 is 10.6 Å². The second-order valence-electron chi connectivity index (χ2n) is 5.82. The first kappa shape index (κ1) is 16.5. The fourth-order valence-corrected chi connectivity index (χ4v) is 4.36. The Morgan fingerprint density at radius 1 is 1.30 bits per heavy atom. The molecular formula is C17H24N4S2. The number of nitrogens with one attached hydrogen (secondary N) is 2. The molecule has 1 atom stereocenters. The summed E-state index contributed by atoms with van der Waals surface area (Å²) in [4.78, 5) is 9.75. The SMILES string of the molecule is CN=C(NCc1cccs1)NCC(C)N1CCc2sccc2C1. The van der Waals surface area contributed by atoms with E-state index in [0.29, 0.717) is 6.04 Å². The predicted octanol–water partition coefficient (Wildman–Crippen LogP) is 2.92. The van der Waals surface area contributed by atoms with Crippen LogP contribution in [-0.2, 0) is 19.5 Å². The van der Waals surface area contributed by atoms with E-state index in [1.165, 1.54) is 16.9 Å². The number of hydrogen-bond donors (Lipinski definition) is 2. The summed E-state index contributed by atoms with van der Waals surface area (Å²) in [5.41, 5.74) is 1.51. The fraction of sp³-hybridized carbons (Fsp3) is 0.471. The molecule has 1 unspecified atom stereocenters. The van der Waals surface area contributed by atoms with Gasteiger partial charge in [0.15, 0.2) is 5.96 Å². The maximum absolute atomic E-state index is 4.31. The molecule has 0 bridgehead atoms. The molecule has 3 heterocycles. The van der Waals surface area contributed by atoms with E-state index in [0.717, 1.165) is 32.1 Å². The van der Waals surface area contributed by atoms with Crippen molar-refractivity contribution in [1.82, 2.24) is 15.5 Å². The molecule has 124 valence electrons. The number of nitrogens with zero attached hydrogens (tertiary/aromatic N) is 2. The van der Waals surface area contributed by atoms with Gasteiger partial charge >= 0.3 is 0 Å². The number of rotatable bonds is 5. The van der Waals surface area contributed by atoms with Crippen molar-refractivity contribution in [3.05, 3.63) is 44.3 Å². The second kappa shape index (κ2) is 7.95. The highest BCUT2D eigenvalue weighted by Gasteiger charge is 2.21. The standard InChI is InChI=1S/C17H24N4S2/c1-13(21-7-5-16-14(12-21)6-9-23-16)10-19-17(18-2)20-11-15-4-3-8-22-15/h3-4,6,8-9,13H,5,7,10-12H2,1-2H3,(H2,18,19,20). The first-order valence-corrected chi connectivity index (χ1v) is 9.78. The third kappa shape index (κ3) is 4.34. The molecule has 0 saturated carbocycles. The minimum atomic E-state index is 0.489. The molecule has 0 amide bonds. The lowest BCUT2D eigenvalue weighted by Crippen LogP contribution is -2.46. The van der Waals surface area contributed by atoms with Gasteiger partial charge < -0.3 is 10.6 Å². The number of guanidine groups is 1. The van der Waals surface area contributed by atoms with E-state index >= 15 is 0 Å². The van der Waals surface area contributed by atoms with Crippen molar-refractivity contribution in [3.63, 3.8) is 0 Å². The maximum Gasteiger partial charge on any atom is 0.191 e. The minimum absolute atomic E-state index is 0.489. The molecule has 4 nitrogen and oxygen atoms in total. The van der Waals surface area contributed by atoms with Gasteiger partial charge in [-0.1, -0.05) is 6.07 Å². The quantitative estimate of drug-likeness (QED) is 0.645. The van der Waals surface area contributed by atoms with Crippen molar-refractivity contribution in [3.8, 4) is 0 Å². The highest BCUT2D eigenvalue weighted by Crippen LogP contribution is 2.24. The molecule has 0 spiro atoms. The molecular weight excluding hydrogens is 324 g/mol. The van der Waals surface area contributed by atoms with Crippen LogP contribution in [0.15, 0.2) is 34.0 Å². The van der Waals surface area contributed by atoms with Gasteiger partial charge in [0.1, 0.15) is 0 Å². The van der Waals surface area contributed by atoms with Gasteiger partial charge in [-0.15, -0.1) is 22.7 Å². The summed E-state index contributed by atoms with van der Waals surface area (Å²) in [6.45, 7) is 6.24. The number of thiophene rings is 2. The van der Waals surface area contributed by atoms with E-state index in [2.05, 4.69) is 56.4 Å². The Bertz CT molecular complexity index is 633. The zero-order valence-corrected chi connectivity index (χ0v) is 15.3. The molecule has 2 aromatic heterocycles. The van der Waals surface area contributed by atoms with Crippen LogP contribution in [0.2, 0.25) is 0 Å². The zero-order valence-electron chi connectivity index (χ0n) is 13.7. The number of hydrogen-bond acceptors (Lipinski definition) is 4. The van der Waals surface area contributed by atoms with Gasteiger partial charge in [0, 0.05) is 42.5 Å². The van der Waals surface area contributed by atoms with Crippen molar-refractivity contribution in [2.24, 2.45) is 4.99 Å². The summed E-state index contributed by atoms with van der Waals surface area (Å²) in [5.74, 6) is 0.874. The topological polar surface area (TPSA) is 39.7 Å². The lowest BCUT2D eigenvalue weighted by Gasteiger charge is -2.32. The summed E-state index contributed by atoms with van der Waals surface area (Å²) in [7, 11) is 1.83. The van der Waals surface area contributed by atoms with Gasteiger partial charge in [-0.25, -0.2) is 0 Å². The minimum Gasteiger partial charge on any atom is -0.355 e. The molecule has 23 heavy (non-hydrogen) atoms. The van der Waals surface area contributed by atoms with Crippen LogP contribution in [0.25, 0.3) is 0 Å². The van der Waals surface area contributed by atoms with Crippen molar-refractivity contribution in [1.29, 1.82) is 0 Å². The Morgan fingerprint density at radius 3 is 3.00 bits per heavy atom. The lowest BCUT2D eigenvalue weighted by molar-refractivity contribution is 0.192. The van der Waals surface area contributed by atoms with Crippen LogP contribution in [0, 0.1) is 0 Å². The predicted molar refractivity (Wildman–Crippen MR) is 100 cm³/mol. The van der Waals surface area contributed by atoms with Gasteiger partial charge in [-0.3, -0.25) is 9.89 Å². The van der Waals surface area contributed by atoms with Crippen LogP contribution >= 0.6 is 22.7 Å². The van der Waals surface area contributed by atoms with Crippen molar-refractivity contribution in [2.75, 3.05) is 20.1 Å². The van der Waals surface area contributed by atoms with Gasteiger partial charge in [0.25, 0.3) is 0 Å². The average molecular weight is 349 g/mol. The molecule has 6 heteroatoms. The molecule has 2 N–H and O–H groups in total. The van der Waals surface area contributed by atoms with E-state index in [-0.39, 0.29) is 0 Å². The molecule has 1 aliphatic heterocycles. The van der Waals surface area contributed by atoms with Crippen LogP contribution in [-0.4, -0.2) is 37.0 Å². The summed E-state index contributed by atoms with van der Waals surface area (Å²) >= 11 is 3.66. The largest absolute Gasteiger partial charge is 0.355 e. The summed E-state index contributed by atoms with van der Waals surface area (Å²) in [5, 5.41) is 11.1. The Kier molecular flexibility index (Phi) is 5.70.